The van der Waals surface area contributed by atoms with E-state index < -0.39 is 6.80 Å². The highest BCUT2D eigenvalue weighted by molar-refractivity contribution is 8.54. The van der Waals surface area contributed by atoms with Crippen molar-refractivity contribution in [2.75, 3.05) is 26.3 Å². The van der Waals surface area contributed by atoms with Crippen LogP contribution in [-0.2, 0) is 13.6 Å². The van der Waals surface area contributed by atoms with E-state index in [0.717, 1.165) is 13.1 Å². The van der Waals surface area contributed by atoms with Crippen LogP contribution in [0, 0.1) is 0 Å². The van der Waals surface area contributed by atoms with Gasteiger partial charge in [0.05, 0.1) is 13.2 Å². The van der Waals surface area contributed by atoms with Gasteiger partial charge in [-0.05, 0) is 13.8 Å². The van der Waals surface area contributed by atoms with Crippen LogP contribution in [0.15, 0.2) is 0 Å². The van der Waals surface area contributed by atoms with Crippen LogP contribution in [0.1, 0.15) is 13.8 Å². The molecule has 0 spiro atoms. The molecule has 1 saturated heterocycles. The normalized spacial score (nSPS) is 18.2. The zero-order valence-corrected chi connectivity index (χ0v) is 9.07. The maximum absolute atomic E-state index is 11.7. The van der Waals surface area contributed by atoms with Crippen LogP contribution < -0.4 is 0 Å². The summed E-state index contributed by atoms with van der Waals surface area (Å²) in [5.41, 5.74) is 0. The van der Waals surface area contributed by atoms with Crippen LogP contribution >= 0.6 is 18.4 Å². The molecule has 0 bridgehead atoms. The minimum Gasteiger partial charge on any atom is -0.300 e. The Kier molecular flexibility index (Phi) is 4.06. The lowest BCUT2D eigenvalue weighted by atomic mass is 10.9. The summed E-state index contributed by atoms with van der Waals surface area (Å²) in [7, 11) is 0. The molecule has 1 aliphatic heterocycles. The Balaban J connectivity index is 2.38. The van der Waals surface area contributed by atoms with E-state index in [9.17, 15) is 4.57 Å². The van der Waals surface area contributed by atoms with Gasteiger partial charge in [-0.15, -0.1) is 0 Å². The predicted molar refractivity (Wildman–Crippen MR) is 50.0 cm³/mol. The van der Waals surface area contributed by atoms with Crippen molar-refractivity contribution in [3.63, 3.8) is 0 Å². The molecule has 0 radical (unpaired) electrons. The Morgan fingerprint density at radius 1 is 1.33 bits per heavy atom. The molecule has 1 rings (SSSR count). The SMILES string of the molecule is CCOP(=O)(OCC)SN1CC1. The van der Waals surface area contributed by atoms with Crippen molar-refractivity contribution in [2.45, 2.75) is 13.8 Å². The van der Waals surface area contributed by atoms with Gasteiger partial charge in [0.2, 0.25) is 0 Å². The third-order valence-corrected chi connectivity index (χ3v) is 5.07. The van der Waals surface area contributed by atoms with E-state index in [0.29, 0.717) is 13.2 Å². The van der Waals surface area contributed by atoms with E-state index >= 15 is 0 Å². The molecule has 0 aromatic carbocycles. The van der Waals surface area contributed by atoms with Gasteiger partial charge < -0.3 is 9.05 Å². The first-order valence-corrected chi connectivity index (χ1v) is 6.96. The molecule has 1 aliphatic rings. The van der Waals surface area contributed by atoms with E-state index in [4.69, 9.17) is 9.05 Å². The zero-order valence-electron chi connectivity index (χ0n) is 7.36. The van der Waals surface area contributed by atoms with Gasteiger partial charge in [-0.2, -0.15) is 0 Å². The van der Waals surface area contributed by atoms with Crippen molar-refractivity contribution < 1.29 is 13.6 Å². The van der Waals surface area contributed by atoms with Gasteiger partial charge in [0.1, 0.15) is 0 Å². The average molecular weight is 211 g/mol. The van der Waals surface area contributed by atoms with Crippen LogP contribution in [-0.4, -0.2) is 30.6 Å². The van der Waals surface area contributed by atoms with Gasteiger partial charge in [-0.3, -0.25) is 0 Å². The summed E-state index contributed by atoms with van der Waals surface area (Å²) in [4.78, 5) is 0. The predicted octanol–water partition coefficient (Wildman–Crippen LogP) is 2.13. The molecule has 0 unspecified atom stereocenters. The van der Waals surface area contributed by atoms with Crippen LogP contribution in [0.2, 0.25) is 0 Å². The Bertz CT molecular complexity index is 176. The third kappa shape index (κ3) is 3.46. The lowest BCUT2D eigenvalue weighted by Crippen LogP contribution is -1.94. The smallest absolute Gasteiger partial charge is 0.300 e. The summed E-state index contributed by atoms with van der Waals surface area (Å²) in [5.74, 6) is 0. The van der Waals surface area contributed by atoms with Gasteiger partial charge in [0.15, 0.2) is 0 Å². The summed E-state index contributed by atoms with van der Waals surface area (Å²) in [6.07, 6.45) is 0. The van der Waals surface area contributed by atoms with Crippen LogP contribution in [0.3, 0.4) is 0 Å². The van der Waals surface area contributed by atoms with E-state index in [1.165, 1.54) is 11.6 Å². The lowest BCUT2D eigenvalue weighted by molar-refractivity contribution is 0.236. The second-order valence-electron chi connectivity index (χ2n) is 2.29. The summed E-state index contributed by atoms with van der Waals surface area (Å²) in [6, 6.07) is 0. The maximum atomic E-state index is 11.7. The van der Waals surface area contributed by atoms with Gasteiger partial charge in [0, 0.05) is 24.7 Å². The van der Waals surface area contributed by atoms with Crippen LogP contribution in [0.4, 0.5) is 0 Å². The van der Waals surface area contributed by atoms with Crippen LogP contribution in [0.25, 0.3) is 0 Å². The van der Waals surface area contributed by atoms with E-state index in [-0.39, 0.29) is 0 Å². The molecule has 0 aromatic rings. The first-order valence-electron chi connectivity index (χ1n) is 4.04. The molecular weight excluding hydrogens is 197 g/mol. The fourth-order valence-electron chi connectivity index (χ4n) is 0.665. The molecule has 0 aromatic heterocycles. The van der Waals surface area contributed by atoms with Crippen molar-refractivity contribution in [1.82, 2.24) is 4.31 Å². The number of nitrogens with zero attached hydrogens (tertiary/aromatic N) is 1. The first kappa shape index (κ1) is 10.5. The molecule has 1 heterocycles. The van der Waals surface area contributed by atoms with Crippen molar-refractivity contribution in [1.29, 1.82) is 0 Å². The molecule has 6 heteroatoms. The lowest BCUT2D eigenvalue weighted by Gasteiger charge is -2.15. The minimum atomic E-state index is -2.87. The number of hydrogen-bond acceptors (Lipinski definition) is 5. The fourth-order valence-corrected chi connectivity index (χ4v) is 4.25. The maximum Gasteiger partial charge on any atom is 0.404 e. The van der Waals surface area contributed by atoms with Crippen molar-refractivity contribution in [3.05, 3.63) is 0 Å². The molecule has 0 amide bonds. The minimum absolute atomic E-state index is 0.429. The first-order chi connectivity index (χ1) is 5.70. The van der Waals surface area contributed by atoms with E-state index in [1.807, 2.05) is 18.2 Å². The quantitative estimate of drug-likeness (QED) is 0.382. The molecule has 0 saturated carbocycles. The second-order valence-corrected chi connectivity index (χ2v) is 6.22. The Hall–Kier alpha value is 0.460. The van der Waals surface area contributed by atoms with Crippen molar-refractivity contribution in [2.24, 2.45) is 0 Å². The highest BCUT2D eigenvalue weighted by Crippen LogP contribution is 2.63. The average Bonchev–Trinajstić information content (AvgIpc) is 2.72. The Morgan fingerprint density at radius 3 is 2.17 bits per heavy atom. The standard InChI is InChI=1S/C6H14NO3PS/c1-3-9-11(8,10-4-2)12-7-5-6-7/h3-6H2,1-2H3. The zero-order chi connectivity index (χ0) is 9.03. The van der Waals surface area contributed by atoms with Gasteiger partial charge in [-0.1, -0.05) is 0 Å². The van der Waals surface area contributed by atoms with E-state index in [2.05, 4.69) is 0 Å². The molecule has 0 atom stereocenters. The number of hydrogen-bond donors (Lipinski definition) is 0. The summed E-state index contributed by atoms with van der Waals surface area (Å²) < 4.78 is 23.9. The largest absolute Gasteiger partial charge is 0.404 e. The fraction of sp³-hybridized carbons (Fsp3) is 1.00. The number of rotatable bonds is 6. The highest BCUT2D eigenvalue weighted by atomic mass is 32.7. The molecular formula is C6H14NO3PS. The van der Waals surface area contributed by atoms with Crippen molar-refractivity contribution >= 4 is 18.4 Å². The molecule has 0 aliphatic carbocycles. The highest BCUT2D eigenvalue weighted by Gasteiger charge is 2.33. The van der Waals surface area contributed by atoms with E-state index in [1.54, 1.807) is 0 Å². The van der Waals surface area contributed by atoms with Crippen molar-refractivity contribution in [3.8, 4) is 0 Å². The van der Waals surface area contributed by atoms with Gasteiger partial charge >= 0.3 is 6.80 Å². The Labute approximate surface area is 77.0 Å². The molecule has 1 fully saturated rings. The van der Waals surface area contributed by atoms with Gasteiger partial charge in [-0.25, -0.2) is 8.87 Å². The topological polar surface area (TPSA) is 38.5 Å². The van der Waals surface area contributed by atoms with Crippen LogP contribution in [0.5, 0.6) is 0 Å². The second kappa shape index (κ2) is 4.63. The molecule has 4 nitrogen and oxygen atoms in total. The molecule has 0 N–H and O–H groups in total. The summed E-state index contributed by atoms with van der Waals surface area (Å²) in [6.45, 7) is 3.58. The Morgan fingerprint density at radius 2 is 1.83 bits per heavy atom. The van der Waals surface area contributed by atoms with Gasteiger partial charge in [0.25, 0.3) is 0 Å². The monoisotopic (exact) mass is 211 g/mol. The summed E-state index contributed by atoms with van der Waals surface area (Å²) >= 11 is 1.21. The summed E-state index contributed by atoms with van der Waals surface area (Å²) in [5, 5.41) is 0. The molecule has 72 valence electrons. The third-order valence-electron chi connectivity index (χ3n) is 1.20. The molecule has 12 heavy (non-hydrogen) atoms.